The number of amides is 1. The predicted molar refractivity (Wildman–Crippen MR) is 131 cm³/mol. The molecule has 1 unspecified atom stereocenters. The maximum Gasteiger partial charge on any atom is 0.232 e. The maximum atomic E-state index is 13.5. The van der Waals surface area contributed by atoms with E-state index in [0.29, 0.717) is 45.4 Å². The standard InChI is InChI=1S/C23H29FN4O2.HI/c1-25-23(27(2)17-18-7-6-10-20(24)15-18)26-16-21(19-8-4-3-5-9-19)22(29)28-11-13-30-14-12-28;/h3-10,15,21H,11-14,16-17H2,1-2H3,(H,25,26);1H. The third-order valence-electron chi connectivity index (χ3n) is 5.17. The van der Waals surface area contributed by atoms with Crippen LogP contribution in [0.15, 0.2) is 59.6 Å². The SMILES string of the molecule is CN=C(NCC(C(=O)N1CCOCC1)c1ccccc1)N(C)Cc1cccc(F)c1.I. The summed E-state index contributed by atoms with van der Waals surface area (Å²) in [7, 11) is 3.59. The first-order chi connectivity index (χ1) is 14.6. The van der Waals surface area contributed by atoms with E-state index in [1.165, 1.54) is 12.1 Å². The molecule has 0 aliphatic carbocycles. The number of carbonyl (C=O) groups is 1. The molecule has 1 heterocycles. The Morgan fingerprint density at radius 1 is 1.19 bits per heavy atom. The van der Waals surface area contributed by atoms with E-state index in [0.717, 1.165) is 11.1 Å². The minimum absolute atomic E-state index is 0. The third-order valence-corrected chi connectivity index (χ3v) is 5.17. The van der Waals surface area contributed by atoms with Gasteiger partial charge in [0.15, 0.2) is 5.96 Å². The van der Waals surface area contributed by atoms with Crippen molar-refractivity contribution >= 4 is 35.8 Å². The number of ether oxygens (including phenoxy) is 1. The Bertz CT molecular complexity index is 860. The Morgan fingerprint density at radius 3 is 2.55 bits per heavy atom. The van der Waals surface area contributed by atoms with E-state index < -0.39 is 0 Å². The molecule has 1 amide bonds. The molecule has 2 aromatic rings. The van der Waals surface area contributed by atoms with E-state index in [-0.39, 0.29) is 41.6 Å². The van der Waals surface area contributed by atoms with Crippen LogP contribution in [0.3, 0.4) is 0 Å². The minimum atomic E-state index is -0.330. The second-order valence-electron chi connectivity index (χ2n) is 7.32. The number of nitrogens with zero attached hydrogens (tertiary/aromatic N) is 3. The predicted octanol–water partition coefficient (Wildman–Crippen LogP) is 3.09. The Labute approximate surface area is 200 Å². The van der Waals surface area contributed by atoms with Gasteiger partial charge in [0.25, 0.3) is 0 Å². The van der Waals surface area contributed by atoms with Crippen LogP contribution in [-0.4, -0.2) is 68.6 Å². The van der Waals surface area contributed by atoms with Crippen molar-refractivity contribution in [1.82, 2.24) is 15.1 Å². The van der Waals surface area contributed by atoms with Gasteiger partial charge in [0.05, 0.1) is 19.1 Å². The highest BCUT2D eigenvalue weighted by atomic mass is 127. The molecule has 0 spiro atoms. The summed E-state index contributed by atoms with van der Waals surface area (Å²) in [5.74, 6) is 0.142. The molecule has 1 fully saturated rings. The van der Waals surface area contributed by atoms with E-state index in [1.54, 1.807) is 13.1 Å². The molecule has 0 bridgehead atoms. The smallest absolute Gasteiger partial charge is 0.232 e. The molecule has 1 saturated heterocycles. The summed E-state index contributed by atoms with van der Waals surface area (Å²) < 4.78 is 18.9. The van der Waals surface area contributed by atoms with E-state index in [9.17, 15) is 9.18 Å². The van der Waals surface area contributed by atoms with E-state index in [2.05, 4.69) is 10.3 Å². The van der Waals surface area contributed by atoms with Gasteiger partial charge < -0.3 is 19.9 Å². The Balaban J connectivity index is 0.00000341. The Morgan fingerprint density at radius 2 is 1.90 bits per heavy atom. The lowest BCUT2D eigenvalue weighted by atomic mass is 9.97. The van der Waals surface area contributed by atoms with Gasteiger partial charge in [0.2, 0.25) is 5.91 Å². The number of hydrogen-bond donors (Lipinski definition) is 1. The molecular formula is C23H30FIN4O2. The lowest BCUT2D eigenvalue weighted by Crippen LogP contribution is -2.47. The first-order valence-corrected chi connectivity index (χ1v) is 10.2. The van der Waals surface area contributed by atoms with E-state index in [4.69, 9.17) is 4.74 Å². The van der Waals surface area contributed by atoms with Crippen LogP contribution < -0.4 is 5.32 Å². The Kier molecular flexibility index (Phi) is 10.2. The van der Waals surface area contributed by atoms with Crippen LogP contribution in [-0.2, 0) is 16.1 Å². The van der Waals surface area contributed by atoms with Gasteiger partial charge in [0.1, 0.15) is 5.82 Å². The fourth-order valence-corrected chi connectivity index (χ4v) is 3.60. The van der Waals surface area contributed by atoms with Gasteiger partial charge in [-0.25, -0.2) is 4.39 Å². The van der Waals surface area contributed by atoms with Gasteiger partial charge in [-0.3, -0.25) is 9.79 Å². The van der Waals surface area contributed by atoms with Crippen LogP contribution in [0.4, 0.5) is 4.39 Å². The van der Waals surface area contributed by atoms with Crippen LogP contribution >= 0.6 is 24.0 Å². The van der Waals surface area contributed by atoms with Crippen molar-refractivity contribution in [3.8, 4) is 0 Å². The normalized spacial score (nSPS) is 15.1. The number of guanidine groups is 1. The van der Waals surface area contributed by atoms with Crippen molar-refractivity contribution in [3.63, 3.8) is 0 Å². The number of rotatable bonds is 6. The highest BCUT2D eigenvalue weighted by molar-refractivity contribution is 14.0. The highest BCUT2D eigenvalue weighted by Crippen LogP contribution is 2.19. The molecule has 1 atom stereocenters. The molecule has 1 aliphatic rings. The summed E-state index contributed by atoms with van der Waals surface area (Å²) in [5.41, 5.74) is 1.81. The molecule has 1 aliphatic heterocycles. The number of halogens is 2. The van der Waals surface area contributed by atoms with Crippen LogP contribution in [0, 0.1) is 5.82 Å². The quantitative estimate of drug-likeness (QED) is 0.348. The molecule has 8 heteroatoms. The number of morpholine rings is 1. The molecule has 0 saturated carbocycles. The van der Waals surface area contributed by atoms with Crippen LogP contribution in [0.5, 0.6) is 0 Å². The van der Waals surface area contributed by atoms with Crippen molar-refractivity contribution in [2.45, 2.75) is 12.5 Å². The molecule has 6 nitrogen and oxygen atoms in total. The fraction of sp³-hybridized carbons (Fsp3) is 0.391. The molecule has 0 radical (unpaired) electrons. The van der Waals surface area contributed by atoms with Gasteiger partial charge in [0, 0.05) is 40.3 Å². The van der Waals surface area contributed by atoms with E-state index in [1.807, 2.05) is 53.2 Å². The summed E-state index contributed by atoms with van der Waals surface area (Å²) in [4.78, 5) is 21.3. The molecule has 31 heavy (non-hydrogen) atoms. The monoisotopic (exact) mass is 540 g/mol. The average molecular weight is 540 g/mol. The zero-order valence-corrected chi connectivity index (χ0v) is 20.3. The summed E-state index contributed by atoms with van der Waals surface area (Å²) >= 11 is 0. The summed E-state index contributed by atoms with van der Waals surface area (Å²) in [5, 5.41) is 3.33. The summed E-state index contributed by atoms with van der Waals surface area (Å²) in [6, 6.07) is 16.3. The van der Waals surface area contributed by atoms with Gasteiger partial charge in [-0.2, -0.15) is 0 Å². The minimum Gasteiger partial charge on any atom is -0.378 e. The first kappa shape index (κ1) is 25.1. The number of aliphatic imine (C=N–C) groups is 1. The second-order valence-corrected chi connectivity index (χ2v) is 7.32. The van der Waals surface area contributed by atoms with E-state index >= 15 is 0 Å². The van der Waals surface area contributed by atoms with Gasteiger partial charge >= 0.3 is 0 Å². The third kappa shape index (κ3) is 7.17. The average Bonchev–Trinajstić information content (AvgIpc) is 2.77. The number of hydrogen-bond acceptors (Lipinski definition) is 3. The summed E-state index contributed by atoms with van der Waals surface area (Å²) in [6.07, 6.45) is 0. The van der Waals surface area contributed by atoms with Crippen LogP contribution in [0.1, 0.15) is 17.0 Å². The molecule has 3 rings (SSSR count). The zero-order valence-electron chi connectivity index (χ0n) is 18.0. The van der Waals surface area contributed by atoms with Crippen molar-refractivity contribution in [2.75, 3.05) is 46.9 Å². The molecule has 2 aromatic carbocycles. The Hall–Kier alpha value is -2.20. The largest absolute Gasteiger partial charge is 0.378 e. The molecule has 1 N–H and O–H groups in total. The van der Waals surface area contributed by atoms with Crippen molar-refractivity contribution < 1.29 is 13.9 Å². The highest BCUT2D eigenvalue weighted by Gasteiger charge is 2.27. The van der Waals surface area contributed by atoms with Gasteiger partial charge in [-0.05, 0) is 23.3 Å². The number of carbonyl (C=O) groups excluding carboxylic acids is 1. The maximum absolute atomic E-state index is 13.5. The lowest BCUT2D eigenvalue weighted by molar-refractivity contribution is -0.136. The molecule has 0 aromatic heterocycles. The molecule has 168 valence electrons. The molecular weight excluding hydrogens is 510 g/mol. The van der Waals surface area contributed by atoms with Crippen LogP contribution in [0.2, 0.25) is 0 Å². The lowest BCUT2D eigenvalue weighted by Gasteiger charge is -2.31. The topological polar surface area (TPSA) is 57.2 Å². The van der Waals surface area contributed by atoms with Crippen LogP contribution in [0.25, 0.3) is 0 Å². The van der Waals surface area contributed by atoms with Crippen molar-refractivity contribution in [2.24, 2.45) is 4.99 Å². The summed E-state index contributed by atoms with van der Waals surface area (Å²) in [6.45, 7) is 3.27. The number of benzene rings is 2. The zero-order chi connectivity index (χ0) is 21.3. The van der Waals surface area contributed by atoms with Gasteiger partial charge in [-0.1, -0.05) is 42.5 Å². The van der Waals surface area contributed by atoms with Crippen molar-refractivity contribution in [3.05, 3.63) is 71.5 Å². The van der Waals surface area contributed by atoms with Gasteiger partial charge in [-0.15, -0.1) is 24.0 Å². The fourth-order valence-electron chi connectivity index (χ4n) is 3.60. The van der Waals surface area contributed by atoms with Crippen molar-refractivity contribution in [1.29, 1.82) is 0 Å². The number of nitrogens with one attached hydrogen (secondary N) is 1. The second kappa shape index (κ2) is 12.6. The first-order valence-electron chi connectivity index (χ1n) is 10.2.